The van der Waals surface area contributed by atoms with Crippen LogP contribution < -0.4 is 4.90 Å². The molecule has 272 valence electrons. The lowest BCUT2D eigenvalue weighted by atomic mass is 9.95. The molecular formula is C53H34N4O. The third kappa shape index (κ3) is 5.76. The van der Waals surface area contributed by atoms with Gasteiger partial charge in [0.1, 0.15) is 11.2 Å². The van der Waals surface area contributed by atoms with Crippen molar-refractivity contribution < 1.29 is 4.42 Å². The van der Waals surface area contributed by atoms with Crippen LogP contribution in [0.5, 0.6) is 0 Å². The fourth-order valence-corrected chi connectivity index (χ4v) is 8.18. The summed E-state index contributed by atoms with van der Waals surface area (Å²) in [5.74, 6) is 1.82. The molecule has 9 aromatic carbocycles. The maximum Gasteiger partial charge on any atom is 0.164 e. The molecule has 0 saturated carbocycles. The Labute approximate surface area is 335 Å². The van der Waals surface area contributed by atoms with E-state index in [4.69, 9.17) is 19.4 Å². The number of aromatic nitrogens is 3. The van der Waals surface area contributed by atoms with Gasteiger partial charge in [-0.3, -0.25) is 0 Å². The number of anilines is 3. The molecule has 0 spiro atoms. The van der Waals surface area contributed by atoms with Gasteiger partial charge >= 0.3 is 0 Å². The van der Waals surface area contributed by atoms with Crippen LogP contribution >= 0.6 is 0 Å². The molecule has 0 aliphatic rings. The Morgan fingerprint density at radius 2 is 0.879 bits per heavy atom. The normalized spacial score (nSPS) is 11.4. The highest BCUT2D eigenvalue weighted by Gasteiger charge is 2.23. The zero-order chi connectivity index (χ0) is 38.4. The highest BCUT2D eigenvalue weighted by Crippen LogP contribution is 2.45. The van der Waals surface area contributed by atoms with Crippen molar-refractivity contribution in [3.8, 4) is 45.3 Å². The molecule has 0 aliphatic heterocycles. The minimum atomic E-state index is 0.587. The van der Waals surface area contributed by atoms with E-state index >= 15 is 0 Å². The fraction of sp³-hybridized carbons (Fsp3) is 0. The van der Waals surface area contributed by atoms with Crippen molar-refractivity contribution in [2.24, 2.45) is 0 Å². The van der Waals surface area contributed by atoms with Gasteiger partial charge in [0.15, 0.2) is 17.5 Å². The highest BCUT2D eigenvalue weighted by atomic mass is 16.3. The number of furan rings is 1. The lowest BCUT2D eigenvalue weighted by molar-refractivity contribution is 0.670. The van der Waals surface area contributed by atoms with E-state index in [9.17, 15) is 0 Å². The molecule has 0 amide bonds. The molecule has 0 bridgehead atoms. The standard InChI is InChI=1S/C53H34N4O/c1-4-17-38(18-5-1)51-54-52(39-19-6-2-7-20-39)56-53(55-51)45-33-32-44(50-49(45)48-43-25-13-11-16-36(43)29-34-47(48)58-50)37-27-30-41(31-28-37)57(40-22-8-3-9-23-40)46-26-14-21-35-15-10-12-24-42(35)46/h1-34H. The van der Waals surface area contributed by atoms with E-state index in [-0.39, 0.29) is 0 Å². The van der Waals surface area contributed by atoms with E-state index in [2.05, 4.69) is 150 Å². The molecule has 2 aromatic heterocycles. The van der Waals surface area contributed by atoms with Crippen LogP contribution in [0.3, 0.4) is 0 Å². The van der Waals surface area contributed by atoms with Crippen molar-refractivity contribution in [3.63, 3.8) is 0 Å². The SMILES string of the molecule is c1ccc(-c2nc(-c3ccccc3)nc(-c3ccc(-c4ccc(N(c5ccccc5)c5cccc6ccccc56)cc4)c4oc5ccc6ccccc6c5c34)n2)cc1. The molecule has 0 radical (unpaired) electrons. The number of para-hydroxylation sites is 1. The molecule has 58 heavy (non-hydrogen) atoms. The van der Waals surface area contributed by atoms with Crippen LogP contribution in [0.4, 0.5) is 17.1 Å². The highest BCUT2D eigenvalue weighted by molar-refractivity contribution is 6.24. The molecule has 0 N–H and O–H groups in total. The number of nitrogens with zero attached hydrogens (tertiary/aromatic N) is 4. The molecule has 11 aromatic rings. The number of hydrogen-bond acceptors (Lipinski definition) is 5. The fourth-order valence-electron chi connectivity index (χ4n) is 8.18. The van der Waals surface area contributed by atoms with Crippen LogP contribution in [0.15, 0.2) is 211 Å². The molecule has 0 unspecified atom stereocenters. The van der Waals surface area contributed by atoms with E-state index in [1.54, 1.807) is 0 Å². The van der Waals surface area contributed by atoms with Crippen molar-refractivity contribution >= 4 is 60.5 Å². The molecule has 0 aliphatic carbocycles. The topological polar surface area (TPSA) is 55.1 Å². The van der Waals surface area contributed by atoms with E-state index in [0.29, 0.717) is 17.5 Å². The predicted molar refractivity (Wildman–Crippen MR) is 239 cm³/mol. The summed E-state index contributed by atoms with van der Waals surface area (Å²) in [6, 6.07) is 71.5. The average molecular weight is 743 g/mol. The van der Waals surface area contributed by atoms with Gasteiger partial charge in [0.2, 0.25) is 0 Å². The maximum absolute atomic E-state index is 6.92. The maximum atomic E-state index is 6.92. The summed E-state index contributed by atoms with van der Waals surface area (Å²) in [4.78, 5) is 17.6. The van der Waals surface area contributed by atoms with Crippen molar-refractivity contribution in [1.82, 2.24) is 15.0 Å². The van der Waals surface area contributed by atoms with Crippen LogP contribution in [-0.4, -0.2) is 15.0 Å². The van der Waals surface area contributed by atoms with Crippen molar-refractivity contribution in [2.75, 3.05) is 4.90 Å². The summed E-state index contributed by atoms with van der Waals surface area (Å²) < 4.78 is 6.92. The van der Waals surface area contributed by atoms with Crippen LogP contribution in [0, 0.1) is 0 Å². The Morgan fingerprint density at radius 1 is 0.345 bits per heavy atom. The third-order valence-electron chi connectivity index (χ3n) is 10.9. The Morgan fingerprint density at radius 3 is 1.57 bits per heavy atom. The number of hydrogen-bond donors (Lipinski definition) is 0. The zero-order valence-electron chi connectivity index (χ0n) is 31.3. The lowest BCUT2D eigenvalue weighted by Crippen LogP contribution is -2.10. The van der Waals surface area contributed by atoms with Gasteiger partial charge in [0.05, 0.1) is 5.69 Å². The van der Waals surface area contributed by atoms with Gasteiger partial charge in [-0.05, 0) is 70.3 Å². The monoisotopic (exact) mass is 742 g/mol. The first-order valence-electron chi connectivity index (χ1n) is 19.4. The van der Waals surface area contributed by atoms with E-state index in [1.165, 1.54) is 10.8 Å². The van der Waals surface area contributed by atoms with Crippen molar-refractivity contribution in [3.05, 3.63) is 206 Å². The van der Waals surface area contributed by atoms with Crippen molar-refractivity contribution in [2.45, 2.75) is 0 Å². The van der Waals surface area contributed by atoms with Gasteiger partial charge in [-0.15, -0.1) is 0 Å². The summed E-state index contributed by atoms with van der Waals surface area (Å²) in [6.45, 7) is 0. The van der Waals surface area contributed by atoms with Crippen LogP contribution in [0.1, 0.15) is 0 Å². The molecular weight excluding hydrogens is 709 g/mol. The van der Waals surface area contributed by atoms with E-state index < -0.39 is 0 Å². The summed E-state index contributed by atoms with van der Waals surface area (Å²) in [5.41, 5.74) is 9.62. The van der Waals surface area contributed by atoms with E-state index in [1.807, 2.05) is 60.7 Å². The first-order chi connectivity index (χ1) is 28.8. The van der Waals surface area contributed by atoms with Crippen molar-refractivity contribution in [1.29, 1.82) is 0 Å². The number of benzene rings is 9. The van der Waals surface area contributed by atoms with Gasteiger partial charge in [-0.1, -0.05) is 158 Å². The smallest absolute Gasteiger partial charge is 0.164 e. The summed E-state index contributed by atoms with van der Waals surface area (Å²) in [7, 11) is 0. The molecule has 5 nitrogen and oxygen atoms in total. The Hall–Kier alpha value is -7.89. The first kappa shape index (κ1) is 33.4. The summed E-state index contributed by atoms with van der Waals surface area (Å²) in [6.07, 6.45) is 0. The molecule has 0 fully saturated rings. The Balaban J connectivity index is 1.12. The van der Waals surface area contributed by atoms with Crippen LogP contribution in [0.25, 0.3) is 88.8 Å². The van der Waals surface area contributed by atoms with Gasteiger partial charge in [0, 0.05) is 49.8 Å². The Bertz CT molecular complexity index is 3210. The largest absolute Gasteiger partial charge is 0.455 e. The lowest BCUT2D eigenvalue weighted by Gasteiger charge is -2.27. The quantitative estimate of drug-likeness (QED) is 0.163. The molecule has 0 saturated heterocycles. The number of fused-ring (bicyclic) bond motifs is 6. The van der Waals surface area contributed by atoms with Crippen LogP contribution in [-0.2, 0) is 0 Å². The predicted octanol–water partition coefficient (Wildman–Crippen LogP) is 14.2. The van der Waals surface area contributed by atoms with Gasteiger partial charge in [-0.25, -0.2) is 15.0 Å². The van der Waals surface area contributed by atoms with E-state index in [0.717, 1.165) is 77.6 Å². The van der Waals surface area contributed by atoms with Gasteiger partial charge < -0.3 is 9.32 Å². The van der Waals surface area contributed by atoms with Gasteiger partial charge in [-0.2, -0.15) is 0 Å². The molecule has 2 heterocycles. The zero-order valence-corrected chi connectivity index (χ0v) is 31.3. The number of rotatable bonds is 7. The minimum absolute atomic E-state index is 0.587. The second-order valence-electron chi connectivity index (χ2n) is 14.4. The second-order valence-corrected chi connectivity index (χ2v) is 14.4. The summed E-state index contributed by atoms with van der Waals surface area (Å²) >= 11 is 0. The Kier molecular flexibility index (Phi) is 8.07. The molecule has 5 heteroatoms. The molecule has 11 rings (SSSR count). The van der Waals surface area contributed by atoms with Gasteiger partial charge in [0.25, 0.3) is 0 Å². The first-order valence-corrected chi connectivity index (χ1v) is 19.4. The minimum Gasteiger partial charge on any atom is -0.455 e. The summed E-state index contributed by atoms with van der Waals surface area (Å²) in [5, 5.41) is 6.64. The second kappa shape index (κ2) is 14.0. The van der Waals surface area contributed by atoms with Crippen LogP contribution in [0.2, 0.25) is 0 Å². The molecule has 0 atom stereocenters. The average Bonchev–Trinajstić information content (AvgIpc) is 3.71. The third-order valence-corrected chi connectivity index (χ3v) is 10.9.